The molecule has 0 N–H and O–H groups in total. The number of rotatable bonds is 5. The van der Waals surface area contributed by atoms with Gasteiger partial charge in [-0.3, -0.25) is 9.69 Å². The number of para-hydroxylation sites is 3. The number of carbonyl (C=O) groups excluding carboxylic acids is 1. The Labute approximate surface area is 184 Å². The van der Waals surface area contributed by atoms with Gasteiger partial charge in [-0.05, 0) is 68.1 Å². The molecule has 1 fully saturated rings. The van der Waals surface area contributed by atoms with E-state index in [0.29, 0.717) is 17.2 Å². The molecule has 0 saturated carbocycles. The van der Waals surface area contributed by atoms with E-state index in [1.165, 1.54) is 18.4 Å². The van der Waals surface area contributed by atoms with Crippen LogP contribution in [0.4, 0.5) is 5.69 Å². The average molecular weight is 413 g/mol. The fourth-order valence-electron chi connectivity index (χ4n) is 4.68. The minimum Gasteiger partial charge on any atom is -0.454 e. The van der Waals surface area contributed by atoms with Gasteiger partial charge >= 0.3 is 0 Å². The molecule has 0 atom stereocenters. The second-order valence-electron chi connectivity index (χ2n) is 8.52. The minimum atomic E-state index is 0.0297. The van der Waals surface area contributed by atoms with Gasteiger partial charge in [0, 0.05) is 13.1 Å². The highest BCUT2D eigenvalue weighted by Crippen LogP contribution is 2.39. The summed E-state index contributed by atoms with van der Waals surface area (Å²) < 4.78 is 6.10. The molecule has 2 aliphatic rings. The van der Waals surface area contributed by atoms with Crippen LogP contribution in [0, 0.1) is 5.92 Å². The van der Waals surface area contributed by atoms with Gasteiger partial charge in [-0.25, -0.2) is 0 Å². The third kappa shape index (κ3) is 4.35. The standard InChI is InChI=1S/C27H28N2O2/c30-27-23-10-4-6-12-25(23)31-26-13-7-5-11-24(26)29(27)19-16-21-14-17-28(18-15-21)20-22-8-2-1-3-9-22/h1-13,21H,14-20H2. The van der Waals surface area contributed by atoms with Crippen molar-refractivity contribution in [3.63, 3.8) is 0 Å². The molecule has 0 unspecified atom stereocenters. The Hall–Kier alpha value is -3.11. The first-order chi connectivity index (χ1) is 15.3. The van der Waals surface area contributed by atoms with Crippen molar-refractivity contribution in [3.8, 4) is 11.5 Å². The summed E-state index contributed by atoms with van der Waals surface area (Å²) in [5.41, 5.74) is 2.88. The molecule has 4 heteroatoms. The summed E-state index contributed by atoms with van der Waals surface area (Å²) in [7, 11) is 0. The number of piperidine rings is 1. The van der Waals surface area contributed by atoms with E-state index < -0.39 is 0 Å². The first-order valence-electron chi connectivity index (χ1n) is 11.2. The van der Waals surface area contributed by atoms with E-state index in [-0.39, 0.29) is 5.91 Å². The van der Waals surface area contributed by atoms with Gasteiger partial charge in [0.05, 0.1) is 11.3 Å². The van der Waals surface area contributed by atoms with Crippen LogP contribution in [0.25, 0.3) is 0 Å². The van der Waals surface area contributed by atoms with Crippen molar-refractivity contribution >= 4 is 11.6 Å². The first kappa shape index (κ1) is 19.8. The zero-order valence-electron chi connectivity index (χ0n) is 17.7. The highest BCUT2D eigenvalue weighted by Gasteiger charge is 2.29. The molecule has 0 bridgehead atoms. The van der Waals surface area contributed by atoms with Crippen molar-refractivity contribution in [2.24, 2.45) is 5.92 Å². The Bertz CT molecular complexity index is 1040. The summed E-state index contributed by atoms with van der Waals surface area (Å²) >= 11 is 0. The van der Waals surface area contributed by atoms with Crippen LogP contribution in [-0.2, 0) is 6.54 Å². The SMILES string of the molecule is O=C1c2ccccc2Oc2ccccc2N1CCC1CCN(Cc2ccccc2)CC1. The maximum atomic E-state index is 13.4. The van der Waals surface area contributed by atoms with Gasteiger partial charge in [0.15, 0.2) is 5.75 Å². The van der Waals surface area contributed by atoms with Crippen LogP contribution in [-0.4, -0.2) is 30.4 Å². The van der Waals surface area contributed by atoms with Crippen LogP contribution in [0.3, 0.4) is 0 Å². The summed E-state index contributed by atoms with van der Waals surface area (Å²) in [6, 6.07) is 26.1. The molecule has 1 amide bonds. The lowest BCUT2D eigenvalue weighted by Gasteiger charge is -2.33. The minimum absolute atomic E-state index is 0.0297. The van der Waals surface area contributed by atoms with E-state index in [4.69, 9.17) is 4.74 Å². The molecule has 3 aromatic rings. The van der Waals surface area contributed by atoms with Crippen molar-refractivity contribution < 1.29 is 9.53 Å². The smallest absolute Gasteiger partial charge is 0.262 e. The van der Waals surface area contributed by atoms with Gasteiger partial charge in [-0.15, -0.1) is 0 Å². The van der Waals surface area contributed by atoms with Crippen molar-refractivity contribution in [2.45, 2.75) is 25.8 Å². The average Bonchev–Trinajstić information content (AvgIpc) is 2.93. The van der Waals surface area contributed by atoms with Crippen LogP contribution in [0.5, 0.6) is 11.5 Å². The lowest BCUT2D eigenvalue weighted by atomic mass is 9.93. The topological polar surface area (TPSA) is 32.8 Å². The number of amides is 1. The molecule has 0 aliphatic carbocycles. The molecule has 3 aromatic carbocycles. The molecule has 0 radical (unpaired) electrons. The third-order valence-electron chi connectivity index (χ3n) is 6.46. The second kappa shape index (κ2) is 8.94. The number of anilines is 1. The Balaban J connectivity index is 1.24. The van der Waals surface area contributed by atoms with E-state index >= 15 is 0 Å². The van der Waals surface area contributed by atoms with Gasteiger partial charge in [0.1, 0.15) is 5.75 Å². The molecule has 158 valence electrons. The maximum absolute atomic E-state index is 13.4. The van der Waals surface area contributed by atoms with E-state index in [2.05, 4.69) is 35.2 Å². The summed E-state index contributed by atoms with van der Waals surface area (Å²) in [5.74, 6) is 2.06. The Morgan fingerprint density at radius 1 is 0.806 bits per heavy atom. The monoisotopic (exact) mass is 412 g/mol. The highest BCUT2D eigenvalue weighted by molar-refractivity contribution is 6.09. The fourth-order valence-corrected chi connectivity index (χ4v) is 4.68. The van der Waals surface area contributed by atoms with E-state index in [0.717, 1.165) is 44.0 Å². The number of benzene rings is 3. The predicted molar refractivity (Wildman–Crippen MR) is 124 cm³/mol. The molecule has 31 heavy (non-hydrogen) atoms. The Kier molecular flexibility index (Phi) is 5.72. The lowest BCUT2D eigenvalue weighted by molar-refractivity contribution is 0.0983. The van der Waals surface area contributed by atoms with Crippen LogP contribution in [0.1, 0.15) is 35.2 Å². The molecule has 2 aliphatic heterocycles. The summed E-state index contributed by atoms with van der Waals surface area (Å²) in [6.45, 7) is 3.99. The highest BCUT2D eigenvalue weighted by atomic mass is 16.5. The van der Waals surface area contributed by atoms with Gasteiger partial charge < -0.3 is 9.64 Å². The third-order valence-corrected chi connectivity index (χ3v) is 6.46. The number of hydrogen-bond donors (Lipinski definition) is 0. The van der Waals surface area contributed by atoms with Crippen LogP contribution in [0.15, 0.2) is 78.9 Å². The number of nitrogens with zero attached hydrogens (tertiary/aromatic N) is 2. The van der Waals surface area contributed by atoms with Crippen molar-refractivity contribution in [3.05, 3.63) is 90.0 Å². The Morgan fingerprint density at radius 3 is 2.29 bits per heavy atom. The predicted octanol–water partition coefficient (Wildman–Crippen LogP) is 5.74. The van der Waals surface area contributed by atoms with Gasteiger partial charge in [-0.2, -0.15) is 0 Å². The fraction of sp³-hybridized carbons (Fsp3) is 0.296. The zero-order chi connectivity index (χ0) is 21.0. The normalized spacial score (nSPS) is 16.9. The summed E-state index contributed by atoms with van der Waals surface area (Å²) in [5, 5.41) is 0. The molecular formula is C27H28N2O2. The molecule has 2 heterocycles. The van der Waals surface area contributed by atoms with Crippen LogP contribution < -0.4 is 9.64 Å². The Morgan fingerprint density at radius 2 is 1.48 bits per heavy atom. The maximum Gasteiger partial charge on any atom is 0.262 e. The molecular weight excluding hydrogens is 384 g/mol. The van der Waals surface area contributed by atoms with Crippen molar-refractivity contribution in [2.75, 3.05) is 24.5 Å². The zero-order valence-corrected chi connectivity index (χ0v) is 17.7. The first-order valence-corrected chi connectivity index (χ1v) is 11.2. The molecule has 0 aromatic heterocycles. The molecule has 4 nitrogen and oxygen atoms in total. The second-order valence-corrected chi connectivity index (χ2v) is 8.52. The van der Waals surface area contributed by atoms with Gasteiger partial charge in [-0.1, -0.05) is 54.6 Å². The molecule has 5 rings (SSSR count). The number of likely N-dealkylation sites (tertiary alicyclic amines) is 1. The van der Waals surface area contributed by atoms with E-state index in [1.807, 2.05) is 53.4 Å². The number of hydrogen-bond acceptors (Lipinski definition) is 3. The van der Waals surface area contributed by atoms with E-state index in [9.17, 15) is 4.79 Å². The molecule has 1 saturated heterocycles. The number of ether oxygens (including phenoxy) is 1. The quantitative estimate of drug-likeness (QED) is 0.536. The molecule has 0 spiro atoms. The van der Waals surface area contributed by atoms with Crippen LogP contribution in [0.2, 0.25) is 0 Å². The van der Waals surface area contributed by atoms with Crippen molar-refractivity contribution in [1.82, 2.24) is 4.90 Å². The lowest BCUT2D eigenvalue weighted by Crippen LogP contribution is -2.36. The summed E-state index contributed by atoms with van der Waals surface area (Å²) in [4.78, 5) is 17.8. The van der Waals surface area contributed by atoms with E-state index in [1.54, 1.807) is 0 Å². The number of fused-ring (bicyclic) bond motifs is 2. The van der Waals surface area contributed by atoms with Gasteiger partial charge in [0.2, 0.25) is 0 Å². The largest absolute Gasteiger partial charge is 0.454 e. The van der Waals surface area contributed by atoms with Gasteiger partial charge in [0.25, 0.3) is 5.91 Å². The number of carbonyl (C=O) groups is 1. The summed E-state index contributed by atoms with van der Waals surface area (Å²) in [6.07, 6.45) is 3.38. The van der Waals surface area contributed by atoms with Crippen LogP contribution >= 0.6 is 0 Å². The van der Waals surface area contributed by atoms with Crippen molar-refractivity contribution in [1.29, 1.82) is 0 Å².